The number of nitrogens with one attached hydrogen (secondary N) is 1. The molecule has 0 bridgehead atoms. The number of nitrogens with zero attached hydrogens (tertiary/aromatic N) is 2. The van der Waals surface area contributed by atoms with Crippen LogP contribution < -0.4 is 4.72 Å². The maximum absolute atomic E-state index is 12.2. The SMILES string of the molecule is Cc1cc(NS(=O)(=O)c2c(C)noc2C)cnc1Br. The zero-order valence-electron chi connectivity index (χ0n) is 10.6. The van der Waals surface area contributed by atoms with Gasteiger partial charge in [-0.25, -0.2) is 13.4 Å². The molecule has 8 heteroatoms. The van der Waals surface area contributed by atoms with Gasteiger partial charge < -0.3 is 4.52 Å². The lowest BCUT2D eigenvalue weighted by molar-refractivity contribution is 0.390. The standard InChI is InChI=1S/C11H12BrN3O3S/c1-6-4-9(5-13-11(6)12)15-19(16,17)10-7(2)14-18-8(10)3/h4-5,15H,1-3H3. The molecule has 0 aliphatic rings. The van der Waals surface area contributed by atoms with Crippen molar-refractivity contribution in [1.82, 2.24) is 10.1 Å². The van der Waals surface area contributed by atoms with E-state index in [1.54, 1.807) is 19.9 Å². The van der Waals surface area contributed by atoms with E-state index in [1.807, 2.05) is 6.92 Å². The molecular formula is C11H12BrN3O3S. The Morgan fingerprint density at radius 2 is 2.00 bits per heavy atom. The molecule has 0 fully saturated rings. The lowest BCUT2D eigenvalue weighted by Crippen LogP contribution is -2.14. The normalized spacial score (nSPS) is 11.6. The summed E-state index contributed by atoms with van der Waals surface area (Å²) < 4.78 is 32.5. The van der Waals surface area contributed by atoms with E-state index in [2.05, 4.69) is 30.8 Å². The maximum Gasteiger partial charge on any atom is 0.267 e. The molecule has 0 saturated heterocycles. The number of rotatable bonds is 3. The number of pyridine rings is 1. The van der Waals surface area contributed by atoms with Crippen molar-refractivity contribution in [3.8, 4) is 0 Å². The van der Waals surface area contributed by atoms with Gasteiger partial charge in [-0.1, -0.05) is 5.16 Å². The average Bonchev–Trinajstić information content (AvgIpc) is 2.64. The zero-order chi connectivity index (χ0) is 14.2. The van der Waals surface area contributed by atoms with Crippen molar-refractivity contribution in [3.05, 3.63) is 33.9 Å². The molecule has 0 saturated carbocycles. The molecule has 19 heavy (non-hydrogen) atoms. The summed E-state index contributed by atoms with van der Waals surface area (Å²) in [6.45, 7) is 4.96. The first-order valence-electron chi connectivity index (χ1n) is 5.39. The predicted octanol–water partition coefficient (Wildman–Crippen LogP) is 2.56. The number of halogens is 1. The third kappa shape index (κ3) is 2.79. The second-order valence-corrected chi connectivity index (χ2v) is 6.46. The smallest absolute Gasteiger partial charge is 0.267 e. The highest BCUT2D eigenvalue weighted by Crippen LogP contribution is 2.23. The quantitative estimate of drug-likeness (QED) is 0.864. The number of aryl methyl sites for hydroxylation is 3. The monoisotopic (exact) mass is 345 g/mol. The summed E-state index contributed by atoms with van der Waals surface area (Å²) in [4.78, 5) is 4.10. The third-order valence-electron chi connectivity index (χ3n) is 2.50. The summed E-state index contributed by atoms with van der Waals surface area (Å²) in [5.41, 5.74) is 1.55. The van der Waals surface area contributed by atoms with Crippen LogP contribution in [-0.4, -0.2) is 18.6 Å². The highest BCUT2D eigenvalue weighted by molar-refractivity contribution is 9.10. The Kier molecular flexibility index (Phi) is 3.64. The summed E-state index contributed by atoms with van der Waals surface area (Å²) in [5.74, 6) is 0.256. The van der Waals surface area contributed by atoms with Crippen molar-refractivity contribution in [2.45, 2.75) is 25.7 Å². The molecular weight excluding hydrogens is 334 g/mol. The molecule has 102 valence electrons. The Balaban J connectivity index is 2.39. The van der Waals surface area contributed by atoms with Gasteiger partial charge in [0, 0.05) is 0 Å². The van der Waals surface area contributed by atoms with Crippen molar-refractivity contribution in [2.24, 2.45) is 0 Å². The Bertz CT molecular complexity index is 705. The molecule has 1 N–H and O–H groups in total. The minimum Gasteiger partial charge on any atom is -0.360 e. The highest BCUT2D eigenvalue weighted by Gasteiger charge is 2.24. The van der Waals surface area contributed by atoms with Gasteiger partial charge in [-0.2, -0.15) is 0 Å². The van der Waals surface area contributed by atoms with Crippen LogP contribution in [0.2, 0.25) is 0 Å². The van der Waals surface area contributed by atoms with E-state index in [1.165, 1.54) is 6.20 Å². The van der Waals surface area contributed by atoms with Gasteiger partial charge in [-0.15, -0.1) is 0 Å². The van der Waals surface area contributed by atoms with Gasteiger partial charge in [0.1, 0.15) is 10.3 Å². The van der Waals surface area contributed by atoms with Crippen molar-refractivity contribution >= 4 is 31.6 Å². The van der Waals surface area contributed by atoms with Crippen LogP contribution >= 0.6 is 15.9 Å². The number of hydrogen-bond acceptors (Lipinski definition) is 5. The first-order valence-corrected chi connectivity index (χ1v) is 7.66. The summed E-state index contributed by atoms with van der Waals surface area (Å²) in [6.07, 6.45) is 1.44. The number of sulfonamides is 1. The molecule has 0 aliphatic carbocycles. The molecule has 0 aliphatic heterocycles. The van der Waals surface area contributed by atoms with E-state index < -0.39 is 10.0 Å². The fourth-order valence-corrected chi connectivity index (χ4v) is 3.26. The lowest BCUT2D eigenvalue weighted by Gasteiger charge is -2.08. The van der Waals surface area contributed by atoms with Gasteiger partial charge in [0.15, 0.2) is 10.7 Å². The Labute approximate surface area is 119 Å². The maximum atomic E-state index is 12.2. The molecule has 0 atom stereocenters. The van der Waals surface area contributed by atoms with E-state index in [0.717, 1.165) is 5.56 Å². The van der Waals surface area contributed by atoms with Crippen LogP contribution in [0.15, 0.2) is 26.3 Å². The minimum absolute atomic E-state index is 0.0630. The largest absolute Gasteiger partial charge is 0.360 e. The first-order chi connectivity index (χ1) is 8.81. The van der Waals surface area contributed by atoms with E-state index in [4.69, 9.17) is 4.52 Å². The second kappa shape index (κ2) is 4.93. The van der Waals surface area contributed by atoms with Crippen LogP contribution in [0, 0.1) is 20.8 Å². The third-order valence-corrected chi connectivity index (χ3v) is 4.96. The molecule has 2 rings (SSSR count). The Morgan fingerprint density at radius 3 is 2.53 bits per heavy atom. The van der Waals surface area contributed by atoms with Crippen LogP contribution in [-0.2, 0) is 10.0 Å². The van der Waals surface area contributed by atoms with E-state index in [9.17, 15) is 8.42 Å². The Hall–Kier alpha value is -1.41. The Morgan fingerprint density at radius 1 is 1.32 bits per heavy atom. The van der Waals surface area contributed by atoms with Gasteiger partial charge in [-0.05, 0) is 48.3 Å². The van der Waals surface area contributed by atoms with Gasteiger partial charge in [0.25, 0.3) is 10.0 Å². The highest BCUT2D eigenvalue weighted by atomic mass is 79.9. The molecule has 2 aromatic heterocycles. The predicted molar refractivity (Wildman–Crippen MR) is 73.5 cm³/mol. The van der Waals surface area contributed by atoms with Crippen LogP contribution in [0.25, 0.3) is 0 Å². The number of hydrogen-bond donors (Lipinski definition) is 1. The summed E-state index contributed by atoms with van der Waals surface area (Å²) in [6, 6.07) is 1.69. The van der Waals surface area contributed by atoms with Gasteiger partial charge in [-0.3, -0.25) is 4.72 Å². The molecule has 2 aromatic rings. The van der Waals surface area contributed by atoms with E-state index in [-0.39, 0.29) is 10.7 Å². The zero-order valence-corrected chi connectivity index (χ0v) is 13.0. The molecule has 2 heterocycles. The number of aromatic nitrogens is 2. The molecule has 0 radical (unpaired) electrons. The second-order valence-electron chi connectivity index (χ2n) is 4.09. The van der Waals surface area contributed by atoms with E-state index in [0.29, 0.717) is 16.0 Å². The van der Waals surface area contributed by atoms with Gasteiger partial charge in [0.05, 0.1) is 11.9 Å². The van der Waals surface area contributed by atoms with Crippen molar-refractivity contribution in [2.75, 3.05) is 4.72 Å². The minimum atomic E-state index is -3.72. The summed E-state index contributed by atoms with van der Waals surface area (Å²) >= 11 is 3.26. The van der Waals surface area contributed by atoms with Crippen molar-refractivity contribution in [1.29, 1.82) is 0 Å². The topological polar surface area (TPSA) is 85.1 Å². The van der Waals surface area contributed by atoms with Crippen LogP contribution in [0.3, 0.4) is 0 Å². The van der Waals surface area contributed by atoms with Crippen LogP contribution in [0.4, 0.5) is 5.69 Å². The average molecular weight is 346 g/mol. The van der Waals surface area contributed by atoms with Crippen LogP contribution in [0.5, 0.6) is 0 Å². The summed E-state index contributed by atoms with van der Waals surface area (Å²) in [7, 11) is -3.72. The molecule has 6 nitrogen and oxygen atoms in total. The first kappa shape index (κ1) is 14.0. The lowest BCUT2D eigenvalue weighted by atomic mass is 10.3. The molecule has 0 spiro atoms. The van der Waals surface area contributed by atoms with Crippen LogP contribution in [0.1, 0.15) is 17.0 Å². The fourth-order valence-electron chi connectivity index (χ4n) is 1.68. The molecule has 0 unspecified atom stereocenters. The summed E-state index contributed by atoms with van der Waals surface area (Å²) in [5, 5.41) is 3.64. The molecule has 0 amide bonds. The van der Waals surface area contributed by atoms with Crippen molar-refractivity contribution in [3.63, 3.8) is 0 Å². The van der Waals surface area contributed by atoms with Gasteiger partial charge >= 0.3 is 0 Å². The fraction of sp³-hybridized carbons (Fsp3) is 0.273. The van der Waals surface area contributed by atoms with Gasteiger partial charge in [0.2, 0.25) is 0 Å². The number of anilines is 1. The molecule has 0 aromatic carbocycles. The van der Waals surface area contributed by atoms with E-state index >= 15 is 0 Å². The van der Waals surface area contributed by atoms with Crippen molar-refractivity contribution < 1.29 is 12.9 Å².